The van der Waals surface area contributed by atoms with Gasteiger partial charge >= 0.3 is 0 Å². The van der Waals surface area contributed by atoms with Gasteiger partial charge < -0.3 is 5.73 Å². The van der Waals surface area contributed by atoms with E-state index in [-0.39, 0.29) is 0 Å². The highest BCUT2D eigenvalue weighted by molar-refractivity contribution is 4.71. The minimum Gasteiger partial charge on any atom is -0.316 e. The van der Waals surface area contributed by atoms with Crippen LogP contribution in [0.5, 0.6) is 0 Å². The van der Waals surface area contributed by atoms with E-state index in [0.29, 0.717) is 6.17 Å². The van der Waals surface area contributed by atoms with Crippen LogP contribution < -0.4 is 5.73 Å². The van der Waals surface area contributed by atoms with Gasteiger partial charge in [0.05, 0.1) is 6.17 Å². The Morgan fingerprint density at radius 1 is 1.75 bits per heavy atom. The molecule has 1 atom stereocenters. The summed E-state index contributed by atoms with van der Waals surface area (Å²) in [6.45, 7) is 4.48. The third-order valence-corrected chi connectivity index (χ3v) is 1.82. The van der Waals surface area contributed by atoms with Crippen LogP contribution >= 0.6 is 0 Å². The van der Waals surface area contributed by atoms with Gasteiger partial charge in [0.1, 0.15) is 0 Å². The summed E-state index contributed by atoms with van der Waals surface area (Å²) in [5.41, 5.74) is 5.72. The number of nitrogens with two attached hydrogens (primary N) is 1. The zero-order valence-electron chi connectivity index (χ0n) is 5.43. The van der Waals surface area contributed by atoms with E-state index < -0.39 is 0 Å². The first-order valence-electron chi connectivity index (χ1n) is 3.34. The molecule has 1 aliphatic rings. The van der Waals surface area contributed by atoms with Crippen LogP contribution in [0.2, 0.25) is 0 Å². The van der Waals surface area contributed by atoms with Crippen LogP contribution in [0.25, 0.3) is 0 Å². The van der Waals surface area contributed by atoms with E-state index >= 15 is 0 Å². The normalized spacial score (nSPS) is 31.5. The number of hydrogen-bond acceptors (Lipinski definition) is 2. The fourth-order valence-corrected chi connectivity index (χ4v) is 1.24. The molecular formula is C6H14N2. The monoisotopic (exact) mass is 114 g/mol. The first-order chi connectivity index (χ1) is 3.84. The zero-order valence-corrected chi connectivity index (χ0v) is 5.43. The lowest BCUT2D eigenvalue weighted by atomic mass is 10.3. The molecule has 2 heteroatoms. The van der Waals surface area contributed by atoms with Crippen molar-refractivity contribution in [2.24, 2.45) is 5.73 Å². The molecule has 0 aromatic carbocycles. The van der Waals surface area contributed by atoms with E-state index in [0.717, 1.165) is 6.54 Å². The molecule has 0 amide bonds. The van der Waals surface area contributed by atoms with Gasteiger partial charge in [-0.3, -0.25) is 4.90 Å². The summed E-state index contributed by atoms with van der Waals surface area (Å²) in [6.07, 6.45) is 2.84. The molecule has 1 saturated heterocycles. The Bertz CT molecular complexity index is 72.9. The number of hydrogen-bond donors (Lipinski definition) is 1. The Morgan fingerprint density at radius 2 is 2.50 bits per heavy atom. The van der Waals surface area contributed by atoms with Crippen LogP contribution in [0, 0.1) is 0 Å². The lowest BCUT2D eigenvalue weighted by Gasteiger charge is -2.17. The Hall–Kier alpha value is -0.0800. The third-order valence-electron chi connectivity index (χ3n) is 1.82. The van der Waals surface area contributed by atoms with Crippen molar-refractivity contribution >= 4 is 0 Å². The lowest BCUT2D eigenvalue weighted by Crippen LogP contribution is -2.35. The second-order valence-corrected chi connectivity index (χ2v) is 2.34. The summed E-state index contributed by atoms with van der Waals surface area (Å²) in [6, 6.07) is 0. The van der Waals surface area contributed by atoms with Crippen molar-refractivity contribution in [2.45, 2.75) is 25.9 Å². The van der Waals surface area contributed by atoms with Crippen molar-refractivity contribution in [1.29, 1.82) is 0 Å². The highest BCUT2D eigenvalue weighted by Gasteiger charge is 2.17. The molecule has 0 bridgehead atoms. The molecular weight excluding hydrogens is 100 g/mol. The van der Waals surface area contributed by atoms with Crippen molar-refractivity contribution in [2.75, 3.05) is 13.1 Å². The fourth-order valence-electron chi connectivity index (χ4n) is 1.24. The molecule has 2 N–H and O–H groups in total. The van der Waals surface area contributed by atoms with E-state index in [2.05, 4.69) is 11.8 Å². The molecule has 48 valence electrons. The van der Waals surface area contributed by atoms with Gasteiger partial charge in [-0.1, -0.05) is 6.92 Å². The minimum absolute atomic E-state index is 0.361. The van der Waals surface area contributed by atoms with Gasteiger partial charge in [0.15, 0.2) is 0 Å². The molecule has 0 aromatic heterocycles. The smallest absolute Gasteiger partial charge is 0.0572 e. The number of rotatable bonds is 1. The summed E-state index contributed by atoms with van der Waals surface area (Å²) >= 11 is 0. The van der Waals surface area contributed by atoms with Crippen molar-refractivity contribution in [1.82, 2.24) is 4.90 Å². The molecule has 1 unspecified atom stereocenters. The van der Waals surface area contributed by atoms with Gasteiger partial charge in [-0.05, 0) is 25.9 Å². The van der Waals surface area contributed by atoms with Gasteiger partial charge in [-0.15, -0.1) is 0 Å². The first-order valence-corrected chi connectivity index (χ1v) is 3.34. The molecule has 2 nitrogen and oxygen atoms in total. The first kappa shape index (κ1) is 6.05. The topological polar surface area (TPSA) is 29.3 Å². The van der Waals surface area contributed by atoms with Gasteiger partial charge in [0.2, 0.25) is 0 Å². The van der Waals surface area contributed by atoms with Crippen molar-refractivity contribution in [3.05, 3.63) is 0 Å². The van der Waals surface area contributed by atoms with Crippen molar-refractivity contribution < 1.29 is 0 Å². The predicted octanol–water partition coefficient (Wildman–Crippen LogP) is 0.387. The summed E-state index contributed by atoms with van der Waals surface area (Å²) < 4.78 is 0. The maximum atomic E-state index is 5.72. The lowest BCUT2D eigenvalue weighted by molar-refractivity contribution is 0.273. The number of nitrogens with zero attached hydrogens (tertiary/aromatic N) is 1. The van der Waals surface area contributed by atoms with Crippen LogP contribution in [0.4, 0.5) is 0 Å². The Morgan fingerprint density at radius 3 is 2.75 bits per heavy atom. The molecule has 1 aliphatic heterocycles. The Balaban J connectivity index is 2.30. The van der Waals surface area contributed by atoms with Crippen LogP contribution in [0.15, 0.2) is 0 Å². The van der Waals surface area contributed by atoms with Gasteiger partial charge in [-0.25, -0.2) is 0 Å². The second-order valence-electron chi connectivity index (χ2n) is 2.34. The standard InChI is InChI=1S/C6H14N2/c1-2-8-5-3-4-6(8)7/h6H,2-5,7H2,1H3. The zero-order chi connectivity index (χ0) is 5.98. The molecule has 0 spiro atoms. The molecule has 8 heavy (non-hydrogen) atoms. The molecule has 1 fully saturated rings. The second kappa shape index (κ2) is 2.46. The van der Waals surface area contributed by atoms with Crippen molar-refractivity contribution in [3.8, 4) is 0 Å². The van der Waals surface area contributed by atoms with Crippen LogP contribution in [0.3, 0.4) is 0 Å². The van der Waals surface area contributed by atoms with Crippen LogP contribution in [-0.2, 0) is 0 Å². The largest absolute Gasteiger partial charge is 0.316 e. The fraction of sp³-hybridized carbons (Fsp3) is 1.00. The summed E-state index contributed by atoms with van der Waals surface area (Å²) in [5.74, 6) is 0. The SMILES string of the molecule is CCN1CCCC1N. The predicted molar refractivity (Wildman–Crippen MR) is 34.5 cm³/mol. The highest BCUT2D eigenvalue weighted by atomic mass is 15.2. The van der Waals surface area contributed by atoms with Crippen LogP contribution in [-0.4, -0.2) is 24.2 Å². The molecule has 0 aliphatic carbocycles. The maximum Gasteiger partial charge on any atom is 0.0572 e. The molecule has 0 radical (unpaired) electrons. The highest BCUT2D eigenvalue weighted by Crippen LogP contribution is 2.10. The quantitative estimate of drug-likeness (QED) is 0.534. The van der Waals surface area contributed by atoms with Crippen LogP contribution in [0.1, 0.15) is 19.8 Å². The Kier molecular flexibility index (Phi) is 1.86. The van der Waals surface area contributed by atoms with Crippen molar-refractivity contribution in [3.63, 3.8) is 0 Å². The van der Waals surface area contributed by atoms with E-state index in [4.69, 9.17) is 5.73 Å². The van der Waals surface area contributed by atoms with Gasteiger partial charge in [0, 0.05) is 0 Å². The molecule has 1 heterocycles. The maximum absolute atomic E-state index is 5.72. The van der Waals surface area contributed by atoms with E-state index in [9.17, 15) is 0 Å². The number of likely N-dealkylation sites (tertiary alicyclic amines) is 1. The average molecular weight is 114 g/mol. The summed E-state index contributed by atoms with van der Waals surface area (Å²) in [7, 11) is 0. The van der Waals surface area contributed by atoms with E-state index in [1.807, 2.05) is 0 Å². The van der Waals surface area contributed by atoms with Gasteiger partial charge in [0.25, 0.3) is 0 Å². The average Bonchev–Trinajstić information content (AvgIpc) is 2.14. The molecule has 0 saturated carbocycles. The minimum atomic E-state index is 0.361. The third kappa shape index (κ3) is 1.01. The van der Waals surface area contributed by atoms with E-state index in [1.165, 1.54) is 19.4 Å². The molecule has 0 aromatic rings. The van der Waals surface area contributed by atoms with E-state index in [1.54, 1.807) is 0 Å². The summed E-state index contributed by atoms with van der Waals surface area (Å²) in [5, 5.41) is 0. The molecule has 1 rings (SSSR count). The summed E-state index contributed by atoms with van der Waals surface area (Å²) in [4.78, 5) is 2.31. The Labute approximate surface area is 50.7 Å². The van der Waals surface area contributed by atoms with Gasteiger partial charge in [-0.2, -0.15) is 0 Å².